The predicted octanol–water partition coefficient (Wildman–Crippen LogP) is 3.37. The number of nitrogens with one attached hydrogen (secondary N) is 2. The lowest BCUT2D eigenvalue weighted by Crippen LogP contribution is -2.45. The number of piperidine rings is 1. The summed E-state index contributed by atoms with van der Waals surface area (Å²) >= 11 is 0. The minimum absolute atomic E-state index is 0.0235. The Labute approximate surface area is 163 Å². The third-order valence-corrected chi connectivity index (χ3v) is 5.70. The van der Waals surface area contributed by atoms with Crippen molar-refractivity contribution in [3.63, 3.8) is 0 Å². The van der Waals surface area contributed by atoms with E-state index in [-0.39, 0.29) is 23.8 Å². The molecule has 1 aliphatic heterocycles. The number of carbonyl (C=O) groups is 2. The zero-order valence-corrected chi connectivity index (χ0v) is 17.5. The van der Waals surface area contributed by atoms with E-state index in [0.29, 0.717) is 12.5 Å². The zero-order chi connectivity index (χ0) is 20.0. The molecule has 0 radical (unpaired) electrons. The quantitative estimate of drug-likeness (QED) is 0.770. The highest BCUT2D eigenvalue weighted by Gasteiger charge is 2.27. The molecule has 1 unspecified atom stereocenters. The summed E-state index contributed by atoms with van der Waals surface area (Å²) in [6.45, 7) is 12.4. The molecule has 5 nitrogen and oxygen atoms in total. The second-order valence-electron chi connectivity index (χ2n) is 8.10. The van der Waals surface area contributed by atoms with Crippen LogP contribution < -0.4 is 10.6 Å². The van der Waals surface area contributed by atoms with Crippen molar-refractivity contribution in [1.29, 1.82) is 0 Å². The largest absolute Gasteiger partial charge is 0.353 e. The predicted molar refractivity (Wildman–Crippen MR) is 111 cm³/mol. The summed E-state index contributed by atoms with van der Waals surface area (Å²) in [5.74, 6) is 0.684. The number of amides is 2. The molecule has 2 amide bonds. The normalized spacial score (nSPS) is 17.0. The average Bonchev–Trinajstić information content (AvgIpc) is 2.63. The fourth-order valence-electron chi connectivity index (χ4n) is 3.45. The fourth-order valence-corrected chi connectivity index (χ4v) is 3.45. The molecule has 1 fully saturated rings. The highest BCUT2D eigenvalue weighted by molar-refractivity contribution is 5.93. The van der Waals surface area contributed by atoms with E-state index in [0.717, 1.165) is 49.2 Å². The molecule has 0 bridgehead atoms. The van der Waals surface area contributed by atoms with Gasteiger partial charge in [0.25, 0.3) is 0 Å². The molecule has 5 heteroatoms. The van der Waals surface area contributed by atoms with Gasteiger partial charge in [0.15, 0.2) is 0 Å². The standard InChI is InChI=1S/C22H35N3O2/c1-6-18-9-7-8-16(4)21(18)24-20(26)14-25-12-10-19(11-13-25)22(27)23-17(5)15(2)3/h7-9,15,17,19H,6,10-14H2,1-5H3,(H,23,27)(H,24,26). The molecule has 0 aromatic heterocycles. The molecule has 1 atom stereocenters. The minimum Gasteiger partial charge on any atom is -0.353 e. The topological polar surface area (TPSA) is 61.4 Å². The van der Waals surface area contributed by atoms with Crippen LogP contribution in [0.25, 0.3) is 0 Å². The number of carbonyl (C=O) groups excluding carboxylic acids is 2. The van der Waals surface area contributed by atoms with Gasteiger partial charge in [0.05, 0.1) is 6.54 Å². The van der Waals surface area contributed by atoms with Gasteiger partial charge in [0, 0.05) is 17.6 Å². The van der Waals surface area contributed by atoms with Gasteiger partial charge in [-0.15, -0.1) is 0 Å². The number of benzene rings is 1. The van der Waals surface area contributed by atoms with Crippen molar-refractivity contribution in [2.75, 3.05) is 25.0 Å². The first-order valence-electron chi connectivity index (χ1n) is 10.2. The smallest absolute Gasteiger partial charge is 0.238 e. The Morgan fingerprint density at radius 1 is 1.19 bits per heavy atom. The Morgan fingerprint density at radius 2 is 1.85 bits per heavy atom. The van der Waals surface area contributed by atoms with Gasteiger partial charge in [-0.05, 0) is 63.2 Å². The Hall–Kier alpha value is -1.88. The van der Waals surface area contributed by atoms with E-state index in [1.54, 1.807) is 0 Å². The summed E-state index contributed by atoms with van der Waals surface area (Å²) in [5.41, 5.74) is 3.21. The van der Waals surface area contributed by atoms with Crippen LogP contribution in [0.4, 0.5) is 5.69 Å². The highest BCUT2D eigenvalue weighted by Crippen LogP contribution is 2.22. The third-order valence-electron chi connectivity index (χ3n) is 5.70. The summed E-state index contributed by atoms with van der Waals surface area (Å²) in [5, 5.41) is 6.21. The summed E-state index contributed by atoms with van der Waals surface area (Å²) in [6.07, 6.45) is 2.52. The van der Waals surface area contributed by atoms with Gasteiger partial charge >= 0.3 is 0 Å². The van der Waals surface area contributed by atoms with Gasteiger partial charge in [-0.2, -0.15) is 0 Å². The first-order valence-corrected chi connectivity index (χ1v) is 10.2. The average molecular weight is 374 g/mol. The van der Waals surface area contributed by atoms with Crippen LogP contribution in [0.15, 0.2) is 18.2 Å². The first-order chi connectivity index (χ1) is 12.8. The van der Waals surface area contributed by atoms with E-state index >= 15 is 0 Å². The molecule has 1 aromatic rings. The monoisotopic (exact) mass is 373 g/mol. The van der Waals surface area contributed by atoms with E-state index in [4.69, 9.17) is 0 Å². The lowest BCUT2D eigenvalue weighted by Gasteiger charge is -2.31. The Balaban J connectivity index is 1.82. The zero-order valence-electron chi connectivity index (χ0n) is 17.5. The van der Waals surface area contributed by atoms with Crippen LogP contribution in [0.1, 0.15) is 51.7 Å². The van der Waals surface area contributed by atoms with Crippen LogP contribution in [0, 0.1) is 18.8 Å². The van der Waals surface area contributed by atoms with Gasteiger partial charge < -0.3 is 10.6 Å². The molecule has 0 spiro atoms. The number of hydrogen-bond acceptors (Lipinski definition) is 3. The van der Waals surface area contributed by atoms with Crippen LogP contribution in [-0.4, -0.2) is 42.4 Å². The molecule has 2 N–H and O–H groups in total. The maximum atomic E-state index is 12.5. The van der Waals surface area contributed by atoms with Crippen LogP contribution >= 0.6 is 0 Å². The molecule has 1 aliphatic rings. The number of para-hydroxylation sites is 1. The molecule has 1 heterocycles. The second kappa shape index (κ2) is 9.88. The van der Waals surface area contributed by atoms with Crippen molar-refractivity contribution in [1.82, 2.24) is 10.2 Å². The Kier molecular flexibility index (Phi) is 7.84. The minimum atomic E-state index is 0.0235. The van der Waals surface area contributed by atoms with E-state index in [1.165, 1.54) is 0 Å². The number of nitrogens with zero attached hydrogens (tertiary/aromatic N) is 1. The van der Waals surface area contributed by atoms with Crippen molar-refractivity contribution in [2.45, 2.75) is 59.9 Å². The fraction of sp³-hybridized carbons (Fsp3) is 0.636. The first kappa shape index (κ1) is 21.4. The van der Waals surface area contributed by atoms with Gasteiger partial charge in [-0.3, -0.25) is 14.5 Å². The van der Waals surface area contributed by atoms with Crippen LogP contribution in [-0.2, 0) is 16.0 Å². The molecule has 27 heavy (non-hydrogen) atoms. The van der Waals surface area contributed by atoms with Crippen molar-refractivity contribution in [2.24, 2.45) is 11.8 Å². The highest BCUT2D eigenvalue weighted by atomic mass is 16.2. The van der Waals surface area contributed by atoms with Gasteiger partial charge in [0.2, 0.25) is 11.8 Å². The number of anilines is 1. The molecular formula is C22H35N3O2. The number of hydrogen-bond donors (Lipinski definition) is 2. The third kappa shape index (κ3) is 6.06. The van der Waals surface area contributed by atoms with Gasteiger partial charge in [-0.25, -0.2) is 0 Å². The molecule has 0 aliphatic carbocycles. The van der Waals surface area contributed by atoms with E-state index in [9.17, 15) is 9.59 Å². The van der Waals surface area contributed by atoms with E-state index < -0.39 is 0 Å². The Bertz CT molecular complexity index is 649. The Morgan fingerprint density at radius 3 is 2.44 bits per heavy atom. The summed E-state index contributed by atoms with van der Waals surface area (Å²) in [4.78, 5) is 27.0. The van der Waals surface area contributed by atoms with Crippen LogP contribution in [0.3, 0.4) is 0 Å². The molecular weight excluding hydrogens is 338 g/mol. The SMILES string of the molecule is CCc1cccc(C)c1NC(=O)CN1CCC(C(=O)NC(C)C(C)C)CC1. The second-order valence-corrected chi connectivity index (χ2v) is 8.10. The van der Waals surface area contributed by atoms with Crippen LogP contribution in [0.5, 0.6) is 0 Å². The molecule has 1 aromatic carbocycles. The molecule has 1 saturated heterocycles. The molecule has 150 valence electrons. The number of aryl methyl sites for hydroxylation is 2. The van der Waals surface area contributed by atoms with E-state index in [2.05, 4.69) is 49.3 Å². The van der Waals surface area contributed by atoms with Gasteiger partial charge in [-0.1, -0.05) is 39.0 Å². The van der Waals surface area contributed by atoms with Crippen molar-refractivity contribution in [3.8, 4) is 0 Å². The number of likely N-dealkylation sites (tertiary alicyclic amines) is 1. The van der Waals surface area contributed by atoms with E-state index in [1.807, 2.05) is 19.1 Å². The van der Waals surface area contributed by atoms with Gasteiger partial charge in [0.1, 0.15) is 0 Å². The van der Waals surface area contributed by atoms with Crippen LogP contribution in [0.2, 0.25) is 0 Å². The van der Waals surface area contributed by atoms with Crippen molar-refractivity contribution >= 4 is 17.5 Å². The summed E-state index contributed by atoms with van der Waals surface area (Å²) < 4.78 is 0. The molecule has 0 saturated carbocycles. The maximum absolute atomic E-state index is 12.5. The summed E-state index contributed by atoms with van der Waals surface area (Å²) in [7, 11) is 0. The van der Waals surface area contributed by atoms with Crippen molar-refractivity contribution in [3.05, 3.63) is 29.3 Å². The lowest BCUT2D eigenvalue weighted by molar-refractivity contribution is -0.127. The number of rotatable bonds is 7. The lowest BCUT2D eigenvalue weighted by atomic mass is 9.95. The molecule has 2 rings (SSSR count). The summed E-state index contributed by atoms with van der Waals surface area (Å²) in [6, 6.07) is 6.31. The van der Waals surface area contributed by atoms with Crippen molar-refractivity contribution < 1.29 is 9.59 Å². The maximum Gasteiger partial charge on any atom is 0.238 e.